The molecule has 0 unspecified atom stereocenters. The largest absolute Gasteiger partial charge is 0.394 e. The van der Waals surface area contributed by atoms with Crippen LogP contribution in [0, 0.1) is 0 Å². The summed E-state index contributed by atoms with van der Waals surface area (Å²) >= 11 is 9.19. The number of aromatic nitrogens is 1. The number of benzene rings is 1. The van der Waals surface area contributed by atoms with Gasteiger partial charge in [0.1, 0.15) is 24.4 Å². The Hall–Kier alpha value is -0.950. The Morgan fingerprint density at radius 2 is 1.71 bits per heavy atom. The van der Waals surface area contributed by atoms with E-state index in [1.165, 1.54) is 12.3 Å². The number of H-pyrrole nitrogens is 1. The van der Waals surface area contributed by atoms with Crippen molar-refractivity contribution in [3.63, 3.8) is 0 Å². The van der Waals surface area contributed by atoms with E-state index in [9.17, 15) is 46.0 Å². The zero-order chi connectivity index (χ0) is 26.0. The molecular weight excluding hydrogens is 562 g/mol. The Morgan fingerprint density at radius 1 is 1.06 bits per heavy atom. The van der Waals surface area contributed by atoms with Crippen molar-refractivity contribution in [1.82, 2.24) is 4.98 Å². The first kappa shape index (κ1) is 27.1. The molecule has 2 aliphatic rings. The Morgan fingerprint density at radius 3 is 2.34 bits per heavy atom. The second-order valence-electron chi connectivity index (χ2n) is 8.47. The minimum atomic E-state index is -3.37. The first-order valence-electron chi connectivity index (χ1n) is 10.4. The highest BCUT2D eigenvalue weighted by atomic mass is 79.9. The number of hydrogen-bond donors (Lipinski definition) is 10. The van der Waals surface area contributed by atoms with Gasteiger partial charge in [0.25, 0.3) is 0 Å². The lowest BCUT2D eigenvalue weighted by atomic mass is 9.76. The molecule has 0 spiro atoms. The second-order valence-corrected chi connectivity index (χ2v) is 10.3. The summed E-state index contributed by atoms with van der Waals surface area (Å²) in [4.78, 5) is 2.82. The molecule has 15 heteroatoms. The molecule has 10 N–H and O–H groups in total. The van der Waals surface area contributed by atoms with Crippen LogP contribution in [0.15, 0.2) is 30.5 Å². The third-order valence-corrected chi connectivity index (χ3v) is 8.20. The molecule has 13 nitrogen and oxygen atoms in total. The highest BCUT2D eigenvalue weighted by Gasteiger charge is 2.77. The van der Waals surface area contributed by atoms with Crippen molar-refractivity contribution < 1.29 is 60.2 Å². The number of para-hydroxylation sites is 1. The van der Waals surface area contributed by atoms with Gasteiger partial charge in [-0.1, -0.05) is 29.8 Å². The van der Waals surface area contributed by atoms with Crippen molar-refractivity contribution in [1.29, 1.82) is 0 Å². The van der Waals surface area contributed by atoms with Gasteiger partial charge in [-0.15, -0.1) is 0 Å². The summed E-state index contributed by atoms with van der Waals surface area (Å²) in [7, 11) is 0. The SMILES string of the molecule is OC[C@H]1O[C@H](O)[C@H](O)[C@@H](O)[C@H]1O[C@@]1(O)O[C@](Br)(CO)[C@@](O)(Cl)[C@@](O)(c2c[nH]c3ccccc23)[C@H]1O. The summed E-state index contributed by atoms with van der Waals surface area (Å²) in [6.45, 7) is -2.08. The number of hydrogen-bond acceptors (Lipinski definition) is 12. The van der Waals surface area contributed by atoms with E-state index < -0.39 is 71.2 Å². The maximum Gasteiger partial charge on any atom is 0.313 e. The predicted molar refractivity (Wildman–Crippen MR) is 119 cm³/mol. The van der Waals surface area contributed by atoms with Crippen LogP contribution in [0.2, 0.25) is 0 Å². The fourth-order valence-electron chi connectivity index (χ4n) is 4.43. The zero-order valence-electron chi connectivity index (χ0n) is 17.8. The first-order valence-corrected chi connectivity index (χ1v) is 11.5. The van der Waals surface area contributed by atoms with Gasteiger partial charge in [-0.2, -0.15) is 0 Å². The van der Waals surface area contributed by atoms with Crippen LogP contribution in [0.25, 0.3) is 10.9 Å². The summed E-state index contributed by atoms with van der Waals surface area (Å²) in [5, 5.41) is 92.5. The smallest absolute Gasteiger partial charge is 0.313 e. The molecule has 0 amide bonds. The standard InChI is InChI=1S/C20H25BrClNO12/c21-17(7-25)20(22,32)18(30,9-5-23-10-4-2-1-3-8(9)10)16(29)19(31,35-17)34-14-11(6-24)33-15(28)13(27)12(14)26/h1-5,11-16,23-32H,6-7H2/t11-,12-,13-,14+,15+,16-,17-,18-,19-,20+/m1/s1. The molecule has 2 aromatic rings. The van der Waals surface area contributed by atoms with Crippen LogP contribution in [0.1, 0.15) is 5.56 Å². The normalized spacial score (nSPS) is 46.7. The van der Waals surface area contributed by atoms with Gasteiger partial charge in [-0.25, -0.2) is 0 Å². The highest BCUT2D eigenvalue weighted by Crippen LogP contribution is 2.58. The molecular formula is C20H25BrClNO12. The lowest BCUT2D eigenvalue weighted by Crippen LogP contribution is -2.79. The Kier molecular flexibility index (Phi) is 7.05. The number of fused-ring (bicyclic) bond motifs is 1. The van der Waals surface area contributed by atoms with E-state index in [4.69, 9.17) is 25.8 Å². The van der Waals surface area contributed by atoms with E-state index >= 15 is 0 Å². The number of ether oxygens (including phenoxy) is 3. The topological polar surface area (TPSA) is 226 Å². The number of aromatic amines is 1. The summed E-state index contributed by atoms with van der Waals surface area (Å²) in [6.07, 6.45) is -10.7. The van der Waals surface area contributed by atoms with Crippen molar-refractivity contribution in [3.8, 4) is 0 Å². The molecule has 0 bridgehead atoms. The molecule has 4 rings (SSSR count). The summed E-state index contributed by atoms with van der Waals surface area (Å²) < 4.78 is 13.0. The number of nitrogens with one attached hydrogen (secondary N) is 1. The van der Waals surface area contributed by atoms with Crippen LogP contribution in [-0.4, -0.2) is 117 Å². The van der Waals surface area contributed by atoms with E-state index in [1.54, 1.807) is 18.2 Å². The molecule has 10 atom stereocenters. The molecule has 3 heterocycles. The van der Waals surface area contributed by atoms with Gasteiger partial charge in [0.05, 0.1) is 13.2 Å². The van der Waals surface area contributed by atoms with Crippen LogP contribution in [-0.2, 0) is 19.8 Å². The maximum atomic E-state index is 11.8. The Labute approximate surface area is 210 Å². The Balaban J connectivity index is 1.85. The third kappa shape index (κ3) is 3.84. The molecule has 1 aromatic carbocycles. The molecule has 2 fully saturated rings. The van der Waals surface area contributed by atoms with E-state index in [0.717, 1.165) is 0 Å². The number of rotatable bonds is 5. The van der Waals surface area contributed by atoms with Crippen molar-refractivity contribution in [2.24, 2.45) is 0 Å². The molecule has 1 aromatic heterocycles. The number of aliphatic hydroxyl groups excluding tert-OH is 6. The van der Waals surface area contributed by atoms with Crippen LogP contribution in [0.4, 0.5) is 0 Å². The van der Waals surface area contributed by atoms with Gasteiger partial charge in [0, 0.05) is 22.7 Å². The molecule has 0 aliphatic carbocycles. The number of halogens is 2. The first-order chi connectivity index (χ1) is 16.3. The second kappa shape index (κ2) is 9.11. The average molecular weight is 587 g/mol. The monoisotopic (exact) mass is 585 g/mol. The summed E-state index contributed by atoms with van der Waals surface area (Å²) in [5.41, 5.74) is -2.82. The lowest BCUT2D eigenvalue weighted by Gasteiger charge is -2.58. The van der Waals surface area contributed by atoms with Gasteiger partial charge < -0.3 is 60.4 Å². The van der Waals surface area contributed by atoms with Gasteiger partial charge in [-0.05, 0) is 22.0 Å². The molecule has 0 saturated carbocycles. The third-order valence-electron chi connectivity index (χ3n) is 6.40. The summed E-state index contributed by atoms with van der Waals surface area (Å²) in [6, 6.07) is 6.39. The zero-order valence-corrected chi connectivity index (χ0v) is 20.1. The quantitative estimate of drug-likeness (QED) is 0.127. The highest BCUT2D eigenvalue weighted by molar-refractivity contribution is 9.10. The van der Waals surface area contributed by atoms with Crippen LogP contribution >= 0.6 is 27.5 Å². The molecule has 2 saturated heterocycles. The number of aliphatic hydroxyl groups is 9. The Bertz CT molecular complexity index is 1070. The van der Waals surface area contributed by atoms with Gasteiger partial charge in [-0.3, -0.25) is 4.74 Å². The minimum Gasteiger partial charge on any atom is -0.394 e. The van der Waals surface area contributed by atoms with Gasteiger partial charge in [0.15, 0.2) is 22.5 Å². The fourth-order valence-corrected chi connectivity index (χ4v) is 5.27. The van der Waals surface area contributed by atoms with E-state index in [-0.39, 0.29) is 10.9 Å². The molecule has 35 heavy (non-hydrogen) atoms. The molecule has 2 aliphatic heterocycles. The maximum absolute atomic E-state index is 11.8. The van der Waals surface area contributed by atoms with Crippen LogP contribution in [0.5, 0.6) is 0 Å². The lowest BCUT2D eigenvalue weighted by molar-refractivity contribution is -0.497. The summed E-state index contributed by atoms with van der Waals surface area (Å²) in [5.74, 6) is -3.37. The minimum absolute atomic E-state index is 0.227. The van der Waals surface area contributed by atoms with Gasteiger partial charge >= 0.3 is 5.97 Å². The molecule has 0 radical (unpaired) electrons. The van der Waals surface area contributed by atoms with E-state index in [0.29, 0.717) is 5.52 Å². The van der Waals surface area contributed by atoms with E-state index in [2.05, 4.69) is 20.9 Å². The number of alkyl halides is 2. The van der Waals surface area contributed by atoms with Crippen LogP contribution in [0.3, 0.4) is 0 Å². The van der Waals surface area contributed by atoms with Crippen molar-refractivity contribution in [2.75, 3.05) is 13.2 Å². The average Bonchev–Trinajstić information content (AvgIpc) is 3.27. The van der Waals surface area contributed by atoms with Crippen molar-refractivity contribution >= 4 is 38.4 Å². The fraction of sp³-hybridized carbons (Fsp3) is 0.600. The van der Waals surface area contributed by atoms with Crippen molar-refractivity contribution in [3.05, 3.63) is 36.0 Å². The van der Waals surface area contributed by atoms with Gasteiger partial charge in [0.2, 0.25) is 5.06 Å². The van der Waals surface area contributed by atoms with Crippen LogP contribution < -0.4 is 0 Å². The van der Waals surface area contributed by atoms with E-state index in [1.807, 2.05) is 0 Å². The van der Waals surface area contributed by atoms with Crippen molar-refractivity contribution in [2.45, 2.75) is 58.0 Å². The predicted octanol–water partition coefficient (Wildman–Crippen LogP) is -2.78. The molecule has 196 valence electrons.